The maximum Gasteiger partial charge on any atom is 0.295 e. The first-order valence-electron chi connectivity index (χ1n) is 10.8. The van der Waals surface area contributed by atoms with Gasteiger partial charge in [-0.25, -0.2) is 0 Å². The quantitative estimate of drug-likeness (QED) is 0.367. The third kappa shape index (κ3) is 4.94. The lowest BCUT2D eigenvalue weighted by Crippen LogP contribution is -2.35. The van der Waals surface area contributed by atoms with Gasteiger partial charge in [-0.05, 0) is 57.8 Å². The molecule has 1 fully saturated rings. The molecule has 1 saturated heterocycles. The fourth-order valence-corrected chi connectivity index (χ4v) is 3.73. The number of rotatable bonds is 9. The Hall–Kier alpha value is -3.32. The highest BCUT2D eigenvalue weighted by atomic mass is 16.5. The second-order valence-corrected chi connectivity index (χ2v) is 7.76. The van der Waals surface area contributed by atoms with Gasteiger partial charge < -0.3 is 24.4 Å². The summed E-state index contributed by atoms with van der Waals surface area (Å²) in [5.74, 6) is -0.242. The Morgan fingerprint density at radius 3 is 2.28 bits per heavy atom. The van der Waals surface area contributed by atoms with Gasteiger partial charge in [0.2, 0.25) is 0 Å². The molecule has 2 aromatic carbocycles. The molecule has 0 saturated carbocycles. The van der Waals surface area contributed by atoms with Gasteiger partial charge in [0.15, 0.2) is 0 Å². The first-order chi connectivity index (χ1) is 15.4. The Bertz CT molecular complexity index is 998. The van der Waals surface area contributed by atoms with Gasteiger partial charge in [0.05, 0.1) is 24.8 Å². The van der Waals surface area contributed by atoms with E-state index in [-0.39, 0.29) is 11.3 Å². The molecule has 32 heavy (non-hydrogen) atoms. The summed E-state index contributed by atoms with van der Waals surface area (Å²) in [6.45, 7) is 5.73. The maximum atomic E-state index is 13.1. The third-order valence-corrected chi connectivity index (χ3v) is 5.25. The number of hydrogen-bond acceptors (Lipinski definition) is 6. The van der Waals surface area contributed by atoms with Crippen LogP contribution in [-0.2, 0) is 9.59 Å². The first kappa shape index (κ1) is 23.3. The van der Waals surface area contributed by atoms with Crippen LogP contribution in [0.5, 0.6) is 11.5 Å². The molecule has 170 valence electrons. The lowest BCUT2D eigenvalue weighted by atomic mass is 9.95. The molecule has 0 bridgehead atoms. The number of likely N-dealkylation sites (tertiary alicyclic amines) is 1. The van der Waals surface area contributed by atoms with Gasteiger partial charge in [0.1, 0.15) is 17.3 Å². The van der Waals surface area contributed by atoms with Gasteiger partial charge in [0.25, 0.3) is 11.7 Å². The molecule has 1 aliphatic heterocycles. The summed E-state index contributed by atoms with van der Waals surface area (Å²) in [5, 5.41) is 11.2. The van der Waals surface area contributed by atoms with E-state index in [1.54, 1.807) is 36.4 Å². The highest BCUT2D eigenvalue weighted by Crippen LogP contribution is 2.40. The van der Waals surface area contributed by atoms with Crippen LogP contribution in [0.1, 0.15) is 31.0 Å². The van der Waals surface area contributed by atoms with E-state index in [0.717, 1.165) is 5.56 Å². The normalized spacial score (nSPS) is 17.8. The number of aliphatic hydroxyl groups excluding tert-OH is 1. The molecular formula is C25H30N2O5. The Labute approximate surface area is 188 Å². The fourth-order valence-electron chi connectivity index (χ4n) is 3.73. The Morgan fingerprint density at radius 2 is 1.66 bits per heavy atom. The molecule has 1 aliphatic rings. The summed E-state index contributed by atoms with van der Waals surface area (Å²) in [7, 11) is 3.81. The molecule has 0 aliphatic carbocycles. The van der Waals surface area contributed by atoms with Crippen molar-refractivity contribution in [1.82, 2.24) is 9.80 Å². The zero-order valence-electron chi connectivity index (χ0n) is 19.0. The van der Waals surface area contributed by atoms with Gasteiger partial charge >= 0.3 is 0 Å². The van der Waals surface area contributed by atoms with E-state index in [2.05, 4.69) is 0 Å². The van der Waals surface area contributed by atoms with Crippen LogP contribution in [0.15, 0.2) is 54.1 Å². The molecule has 1 amide bonds. The van der Waals surface area contributed by atoms with E-state index in [1.807, 2.05) is 45.0 Å². The summed E-state index contributed by atoms with van der Waals surface area (Å²) in [4.78, 5) is 29.5. The van der Waals surface area contributed by atoms with Crippen molar-refractivity contribution < 1.29 is 24.2 Å². The SMILES string of the molecule is CCOc1ccc(C2/C(=C(\O)c3cccc(OCC)c3)C(=O)C(=O)N2CCN(C)C)cc1. The third-order valence-electron chi connectivity index (χ3n) is 5.25. The average molecular weight is 439 g/mol. The van der Waals surface area contributed by atoms with Crippen molar-refractivity contribution in [2.75, 3.05) is 40.4 Å². The number of aliphatic hydroxyl groups is 1. The van der Waals surface area contributed by atoms with Crippen LogP contribution in [0.3, 0.4) is 0 Å². The lowest BCUT2D eigenvalue weighted by molar-refractivity contribution is -0.140. The predicted molar refractivity (Wildman–Crippen MR) is 123 cm³/mol. The average Bonchev–Trinajstić information content (AvgIpc) is 3.03. The molecule has 1 heterocycles. The zero-order valence-corrected chi connectivity index (χ0v) is 19.0. The smallest absolute Gasteiger partial charge is 0.295 e. The monoisotopic (exact) mass is 438 g/mol. The van der Waals surface area contributed by atoms with Gasteiger partial charge in [-0.3, -0.25) is 9.59 Å². The van der Waals surface area contributed by atoms with Crippen LogP contribution in [0.2, 0.25) is 0 Å². The number of benzene rings is 2. The van der Waals surface area contributed by atoms with Crippen molar-refractivity contribution in [1.29, 1.82) is 0 Å². The van der Waals surface area contributed by atoms with Crippen molar-refractivity contribution in [3.63, 3.8) is 0 Å². The number of ketones is 1. The number of amides is 1. The number of carbonyl (C=O) groups excluding carboxylic acids is 2. The molecule has 0 radical (unpaired) electrons. The Kier molecular flexibility index (Phi) is 7.53. The van der Waals surface area contributed by atoms with Crippen molar-refractivity contribution in [2.24, 2.45) is 0 Å². The molecular weight excluding hydrogens is 408 g/mol. The van der Waals surface area contributed by atoms with Gasteiger partial charge in [-0.1, -0.05) is 24.3 Å². The van der Waals surface area contributed by atoms with Crippen LogP contribution in [0.4, 0.5) is 0 Å². The fraction of sp³-hybridized carbons (Fsp3) is 0.360. The van der Waals surface area contributed by atoms with Gasteiger partial charge in [-0.15, -0.1) is 0 Å². The number of likely N-dealkylation sites (N-methyl/N-ethyl adjacent to an activating group) is 1. The van der Waals surface area contributed by atoms with Crippen molar-refractivity contribution in [2.45, 2.75) is 19.9 Å². The topological polar surface area (TPSA) is 79.3 Å². The summed E-state index contributed by atoms with van der Waals surface area (Å²) >= 11 is 0. The molecule has 1 N–H and O–H groups in total. The largest absolute Gasteiger partial charge is 0.507 e. The second kappa shape index (κ2) is 10.3. The molecule has 0 aromatic heterocycles. The second-order valence-electron chi connectivity index (χ2n) is 7.76. The molecule has 1 unspecified atom stereocenters. The zero-order chi connectivity index (χ0) is 23.3. The minimum atomic E-state index is -0.693. The summed E-state index contributed by atoms with van der Waals surface area (Å²) in [6, 6.07) is 13.5. The molecule has 7 nitrogen and oxygen atoms in total. The lowest BCUT2D eigenvalue weighted by Gasteiger charge is -2.26. The highest BCUT2D eigenvalue weighted by Gasteiger charge is 2.45. The van der Waals surface area contributed by atoms with Crippen molar-refractivity contribution in [3.8, 4) is 11.5 Å². The first-order valence-corrected chi connectivity index (χ1v) is 10.8. The molecule has 1 atom stereocenters. The number of ether oxygens (including phenoxy) is 2. The predicted octanol–water partition coefficient (Wildman–Crippen LogP) is 3.47. The van der Waals surface area contributed by atoms with Crippen LogP contribution < -0.4 is 9.47 Å². The summed E-state index contributed by atoms with van der Waals surface area (Å²) in [5.41, 5.74) is 1.23. The van der Waals surface area contributed by atoms with E-state index >= 15 is 0 Å². The van der Waals surface area contributed by atoms with Gasteiger partial charge in [-0.2, -0.15) is 0 Å². The van der Waals surface area contributed by atoms with Crippen LogP contribution in [-0.4, -0.2) is 67.0 Å². The van der Waals surface area contributed by atoms with Crippen LogP contribution in [0, 0.1) is 0 Å². The van der Waals surface area contributed by atoms with Crippen molar-refractivity contribution in [3.05, 3.63) is 65.2 Å². The standard InChI is InChI=1S/C25H30N2O5/c1-5-31-19-12-10-17(11-13-19)22-21(24(29)25(30)27(22)15-14-26(3)4)23(28)18-8-7-9-20(16-18)32-6-2/h7-13,16,22,28H,5-6,14-15H2,1-4H3/b23-21+. The van der Waals surface area contributed by atoms with E-state index in [4.69, 9.17) is 9.47 Å². The van der Waals surface area contributed by atoms with E-state index in [0.29, 0.717) is 43.4 Å². The highest BCUT2D eigenvalue weighted by molar-refractivity contribution is 6.46. The molecule has 7 heteroatoms. The van der Waals surface area contributed by atoms with Gasteiger partial charge in [0, 0.05) is 18.7 Å². The Morgan fingerprint density at radius 1 is 1.00 bits per heavy atom. The number of Topliss-reactive ketones (excluding diaryl/α,β-unsaturated/α-hetero) is 1. The van der Waals surface area contributed by atoms with Crippen molar-refractivity contribution >= 4 is 17.4 Å². The molecule has 2 aromatic rings. The van der Waals surface area contributed by atoms with E-state index in [9.17, 15) is 14.7 Å². The van der Waals surface area contributed by atoms with Crippen LogP contribution >= 0.6 is 0 Å². The van der Waals surface area contributed by atoms with E-state index in [1.165, 1.54) is 4.90 Å². The number of hydrogen-bond donors (Lipinski definition) is 1. The molecule has 0 spiro atoms. The summed E-state index contributed by atoms with van der Waals surface area (Å²) < 4.78 is 11.0. The maximum absolute atomic E-state index is 13.1. The summed E-state index contributed by atoms with van der Waals surface area (Å²) in [6.07, 6.45) is 0. The van der Waals surface area contributed by atoms with Crippen LogP contribution in [0.25, 0.3) is 5.76 Å². The Balaban J connectivity index is 2.10. The molecule has 3 rings (SSSR count). The number of nitrogens with zero attached hydrogens (tertiary/aromatic N) is 2. The van der Waals surface area contributed by atoms with E-state index < -0.39 is 17.7 Å². The number of carbonyl (C=O) groups is 2. The minimum absolute atomic E-state index is 0.0755. The minimum Gasteiger partial charge on any atom is -0.507 e.